The molecular formula is C22H30N2O3. The van der Waals surface area contributed by atoms with Crippen molar-refractivity contribution < 1.29 is 14.3 Å². The number of ether oxygens (including phenoxy) is 2. The normalized spacial score (nSPS) is 10.4. The summed E-state index contributed by atoms with van der Waals surface area (Å²) in [7, 11) is 3.23. The third kappa shape index (κ3) is 5.64. The minimum atomic E-state index is 0.0423. The average molecular weight is 370 g/mol. The first-order valence-corrected chi connectivity index (χ1v) is 9.37. The van der Waals surface area contributed by atoms with E-state index in [1.807, 2.05) is 30.3 Å². The Morgan fingerprint density at radius 1 is 1.07 bits per heavy atom. The average Bonchev–Trinajstić information content (AvgIpc) is 2.70. The number of anilines is 1. The number of aryl methyl sites for hydroxylation is 2. The molecule has 0 heterocycles. The lowest BCUT2D eigenvalue weighted by atomic mass is 10.1. The highest BCUT2D eigenvalue weighted by atomic mass is 16.5. The van der Waals surface area contributed by atoms with E-state index in [1.54, 1.807) is 14.2 Å². The van der Waals surface area contributed by atoms with Crippen LogP contribution in [0.3, 0.4) is 0 Å². The Morgan fingerprint density at radius 2 is 1.85 bits per heavy atom. The summed E-state index contributed by atoms with van der Waals surface area (Å²) in [5.74, 6) is 1.43. The second-order valence-electron chi connectivity index (χ2n) is 6.37. The maximum atomic E-state index is 12.2. The standard InChI is InChI=1S/C22H30N2O3/c1-5-24(19-11-7-6-9-17(19)2)16-15-23-21(25)14-13-18-10-8-12-20(26-3)22(18)27-4/h6-12H,5,13-16H2,1-4H3,(H,23,25). The van der Waals surface area contributed by atoms with Crippen molar-refractivity contribution in [2.75, 3.05) is 38.8 Å². The van der Waals surface area contributed by atoms with Gasteiger partial charge in [-0.3, -0.25) is 4.79 Å². The highest BCUT2D eigenvalue weighted by Crippen LogP contribution is 2.31. The number of carbonyl (C=O) groups excluding carboxylic acids is 1. The Hall–Kier alpha value is -2.69. The van der Waals surface area contributed by atoms with Crippen molar-refractivity contribution in [2.45, 2.75) is 26.7 Å². The van der Waals surface area contributed by atoms with Crippen molar-refractivity contribution in [1.29, 1.82) is 0 Å². The van der Waals surface area contributed by atoms with E-state index >= 15 is 0 Å². The first-order chi connectivity index (χ1) is 13.1. The number of carbonyl (C=O) groups is 1. The molecule has 0 aliphatic carbocycles. The van der Waals surface area contributed by atoms with E-state index in [0.29, 0.717) is 30.9 Å². The molecule has 27 heavy (non-hydrogen) atoms. The maximum absolute atomic E-state index is 12.2. The first-order valence-electron chi connectivity index (χ1n) is 9.37. The third-order valence-electron chi connectivity index (χ3n) is 4.65. The van der Waals surface area contributed by atoms with Crippen molar-refractivity contribution in [3.63, 3.8) is 0 Å². The van der Waals surface area contributed by atoms with Gasteiger partial charge < -0.3 is 19.7 Å². The summed E-state index contributed by atoms with van der Waals surface area (Å²) in [6.07, 6.45) is 1.03. The molecule has 2 aromatic carbocycles. The summed E-state index contributed by atoms with van der Waals surface area (Å²) in [6.45, 7) is 6.55. The number of nitrogens with zero attached hydrogens (tertiary/aromatic N) is 1. The van der Waals surface area contributed by atoms with Crippen LogP contribution in [0.25, 0.3) is 0 Å². The number of rotatable bonds is 10. The number of hydrogen-bond acceptors (Lipinski definition) is 4. The van der Waals surface area contributed by atoms with Gasteiger partial charge in [0.25, 0.3) is 0 Å². The molecule has 5 heteroatoms. The van der Waals surface area contributed by atoms with Gasteiger partial charge in [-0.2, -0.15) is 0 Å². The minimum Gasteiger partial charge on any atom is -0.493 e. The monoisotopic (exact) mass is 370 g/mol. The topological polar surface area (TPSA) is 50.8 Å². The van der Waals surface area contributed by atoms with E-state index < -0.39 is 0 Å². The van der Waals surface area contributed by atoms with E-state index in [0.717, 1.165) is 18.7 Å². The van der Waals surface area contributed by atoms with Gasteiger partial charge in [0.1, 0.15) is 0 Å². The van der Waals surface area contributed by atoms with Crippen LogP contribution in [0.5, 0.6) is 11.5 Å². The smallest absolute Gasteiger partial charge is 0.220 e. The van der Waals surface area contributed by atoms with Gasteiger partial charge in [0.05, 0.1) is 14.2 Å². The third-order valence-corrected chi connectivity index (χ3v) is 4.65. The van der Waals surface area contributed by atoms with Gasteiger partial charge >= 0.3 is 0 Å². The van der Waals surface area contributed by atoms with Gasteiger partial charge in [0, 0.05) is 31.7 Å². The highest BCUT2D eigenvalue weighted by Gasteiger charge is 2.12. The predicted molar refractivity (Wildman–Crippen MR) is 110 cm³/mol. The number of benzene rings is 2. The Balaban J connectivity index is 1.84. The van der Waals surface area contributed by atoms with Gasteiger partial charge in [-0.15, -0.1) is 0 Å². The number of nitrogens with one attached hydrogen (secondary N) is 1. The van der Waals surface area contributed by atoms with Crippen molar-refractivity contribution >= 4 is 11.6 Å². The molecule has 146 valence electrons. The molecule has 0 aromatic heterocycles. The second kappa shape index (κ2) is 10.5. The molecule has 0 unspecified atom stereocenters. The van der Waals surface area contributed by atoms with Crippen molar-refractivity contribution in [3.8, 4) is 11.5 Å². The zero-order valence-corrected chi connectivity index (χ0v) is 16.7. The van der Waals surface area contributed by atoms with Gasteiger partial charge in [0.2, 0.25) is 5.91 Å². The van der Waals surface area contributed by atoms with Crippen LogP contribution in [0.1, 0.15) is 24.5 Å². The van der Waals surface area contributed by atoms with E-state index in [4.69, 9.17) is 9.47 Å². The van der Waals surface area contributed by atoms with Crippen LogP contribution < -0.4 is 19.7 Å². The quantitative estimate of drug-likeness (QED) is 0.694. The lowest BCUT2D eigenvalue weighted by Crippen LogP contribution is -2.35. The molecular weight excluding hydrogens is 340 g/mol. The zero-order valence-electron chi connectivity index (χ0n) is 16.7. The number of para-hydroxylation sites is 2. The molecule has 0 bridgehead atoms. The van der Waals surface area contributed by atoms with Crippen molar-refractivity contribution in [3.05, 3.63) is 53.6 Å². The fourth-order valence-electron chi connectivity index (χ4n) is 3.18. The summed E-state index contributed by atoms with van der Waals surface area (Å²) in [5, 5.41) is 3.02. The molecule has 0 aliphatic heterocycles. The van der Waals surface area contributed by atoms with Gasteiger partial charge in [0.15, 0.2) is 11.5 Å². The van der Waals surface area contributed by atoms with Gasteiger partial charge in [-0.25, -0.2) is 0 Å². The fraction of sp³-hybridized carbons (Fsp3) is 0.409. The minimum absolute atomic E-state index is 0.0423. The fourth-order valence-corrected chi connectivity index (χ4v) is 3.18. The van der Waals surface area contributed by atoms with Crippen LogP contribution in [-0.4, -0.2) is 39.8 Å². The highest BCUT2D eigenvalue weighted by molar-refractivity contribution is 5.76. The number of methoxy groups -OCH3 is 2. The molecule has 0 spiro atoms. The maximum Gasteiger partial charge on any atom is 0.220 e. The summed E-state index contributed by atoms with van der Waals surface area (Å²) in [6, 6.07) is 14.1. The summed E-state index contributed by atoms with van der Waals surface area (Å²) < 4.78 is 10.7. The molecule has 1 amide bonds. The number of likely N-dealkylation sites (N-methyl/N-ethyl adjacent to an activating group) is 1. The summed E-state index contributed by atoms with van der Waals surface area (Å²) >= 11 is 0. The van der Waals surface area contributed by atoms with Gasteiger partial charge in [-0.05, 0) is 43.5 Å². The van der Waals surface area contributed by atoms with Crippen LogP contribution in [0, 0.1) is 6.92 Å². The van der Waals surface area contributed by atoms with Crippen molar-refractivity contribution in [2.24, 2.45) is 0 Å². The Kier molecular flexibility index (Phi) is 7.99. The van der Waals surface area contributed by atoms with E-state index in [9.17, 15) is 4.79 Å². The van der Waals surface area contributed by atoms with E-state index in [2.05, 4.69) is 36.2 Å². The Morgan fingerprint density at radius 3 is 2.52 bits per heavy atom. The molecule has 0 saturated heterocycles. The van der Waals surface area contributed by atoms with E-state index in [-0.39, 0.29) is 5.91 Å². The lowest BCUT2D eigenvalue weighted by molar-refractivity contribution is -0.121. The van der Waals surface area contributed by atoms with E-state index in [1.165, 1.54) is 11.3 Å². The zero-order chi connectivity index (χ0) is 19.6. The first kappa shape index (κ1) is 20.6. The molecule has 0 aliphatic rings. The van der Waals surface area contributed by atoms with Crippen LogP contribution >= 0.6 is 0 Å². The van der Waals surface area contributed by atoms with Crippen LogP contribution in [0.4, 0.5) is 5.69 Å². The van der Waals surface area contributed by atoms with Crippen LogP contribution in [0.2, 0.25) is 0 Å². The molecule has 5 nitrogen and oxygen atoms in total. The number of amides is 1. The molecule has 1 N–H and O–H groups in total. The molecule has 0 radical (unpaired) electrons. The summed E-state index contributed by atoms with van der Waals surface area (Å²) in [4.78, 5) is 14.5. The SMILES string of the molecule is CCN(CCNC(=O)CCc1cccc(OC)c1OC)c1ccccc1C. The van der Waals surface area contributed by atoms with Crippen LogP contribution in [-0.2, 0) is 11.2 Å². The predicted octanol–water partition coefficient (Wildman–Crippen LogP) is 3.59. The molecule has 0 saturated carbocycles. The number of hydrogen-bond donors (Lipinski definition) is 1. The second-order valence-corrected chi connectivity index (χ2v) is 6.37. The lowest BCUT2D eigenvalue weighted by Gasteiger charge is -2.25. The molecule has 2 aromatic rings. The van der Waals surface area contributed by atoms with Crippen LogP contribution in [0.15, 0.2) is 42.5 Å². The summed E-state index contributed by atoms with van der Waals surface area (Å²) in [5.41, 5.74) is 3.44. The van der Waals surface area contributed by atoms with Gasteiger partial charge in [-0.1, -0.05) is 30.3 Å². The largest absolute Gasteiger partial charge is 0.493 e. The molecule has 2 rings (SSSR count). The van der Waals surface area contributed by atoms with Crippen molar-refractivity contribution in [1.82, 2.24) is 5.32 Å². The Bertz CT molecular complexity index is 746. The molecule has 0 atom stereocenters. The molecule has 0 fully saturated rings. The Labute approximate surface area is 162 Å².